The molecular weight excluding hydrogens is 398 g/mol. The zero-order valence-electron chi connectivity index (χ0n) is 15.1. The van der Waals surface area contributed by atoms with Gasteiger partial charge in [-0.3, -0.25) is 9.59 Å². The summed E-state index contributed by atoms with van der Waals surface area (Å²) in [5.74, 6) is 0.403. The molecule has 0 unspecified atom stereocenters. The average Bonchev–Trinajstić information content (AvgIpc) is 3.09. The molecule has 8 heteroatoms. The van der Waals surface area contributed by atoms with Crippen molar-refractivity contribution < 1.29 is 14.3 Å². The second kappa shape index (κ2) is 9.34. The van der Waals surface area contributed by atoms with Crippen molar-refractivity contribution in [1.29, 1.82) is 0 Å². The topological polar surface area (TPSA) is 80.3 Å². The van der Waals surface area contributed by atoms with E-state index in [0.29, 0.717) is 34.4 Å². The third-order valence-corrected chi connectivity index (χ3v) is 4.73. The van der Waals surface area contributed by atoms with Gasteiger partial charge in [0.25, 0.3) is 0 Å². The van der Waals surface area contributed by atoms with Crippen molar-refractivity contribution in [1.82, 2.24) is 4.98 Å². The summed E-state index contributed by atoms with van der Waals surface area (Å²) in [7, 11) is 0. The third-order valence-electron chi connectivity index (χ3n) is 3.61. The Morgan fingerprint density at radius 3 is 2.32 bits per heavy atom. The molecule has 1 aromatic heterocycles. The van der Waals surface area contributed by atoms with Gasteiger partial charge in [0.05, 0.1) is 12.1 Å². The Labute approximate surface area is 171 Å². The normalized spacial score (nSPS) is 10.4. The molecule has 0 aliphatic rings. The maximum atomic E-state index is 12.2. The number of benzene rings is 2. The number of carbonyl (C=O) groups excluding carboxylic acids is 2. The largest absolute Gasteiger partial charge is 0.486 e. The van der Waals surface area contributed by atoms with Crippen molar-refractivity contribution in [2.45, 2.75) is 20.0 Å². The third kappa shape index (κ3) is 6.07. The highest BCUT2D eigenvalue weighted by Crippen LogP contribution is 2.19. The highest BCUT2D eigenvalue weighted by Gasteiger charge is 2.09. The van der Waals surface area contributed by atoms with Crippen molar-refractivity contribution in [3.8, 4) is 5.75 Å². The van der Waals surface area contributed by atoms with Crippen molar-refractivity contribution in [2.24, 2.45) is 0 Å². The Balaban J connectivity index is 1.49. The van der Waals surface area contributed by atoms with Crippen molar-refractivity contribution in [3.05, 3.63) is 69.6 Å². The van der Waals surface area contributed by atoms with Crippen LogP contribution >= 0.6 is 22.9 Å². The van der Waals surface area contributed by atoms with E-state index < -0.39 is 0 Å². The molecule has 0 saturated carbocycles. The molecule has 1 heterocycles. The van der Waals surface area contributed by atoms with Crippen LogP contribution in [0.25, 0.3) is 0 Å². The zero-order valence-corrected chi connectivity index (χ0v) is 16.6. The summed E-state index contributed by atoms with van der Waals surface area (Å²) in [4.78, 5) is 27.7. The SMILES string of the molecule is CC(=O)Nc1ccc(NC(=O)Cc2csc(COc3ccc(Cl)cc3)n2)cc1. The van der Waals surface area contributed by atoms with E-state index in [4.69, 9.17) is 16.3 Å². The summed E-state index contributed by atoms with van der Waals surface area (Å²) in [6.45, 7) is 1.77. The quantitative estimate of drug-likeness (QED) is 0.594. The van der Waals surface area contributed by atoms with Gasteiger partial charge in [0, 0.05) is 28.7 Å². The minimum Gasteiger partial charge on any atom is -0.486 e. The van der Waals surface area contributed by atoms with E-state index >= 15 is 0 Å². The van der Waals surface area contributed by atoms with Crippen LogP contribution in [0.1, 0.15) is 17.6 Å². The van der Waals surface area contributed by atoms with Crippen LogP contribution in [0, 0.1) is 0 Å². The van der Waals surface area contributed by atoms with Gasteiger partial charge in [0.2, 0.25) is 11.8 Å². The molecule has 2 aromatic carbocycles. The first-order valence-corrected chi connectivity index (χ1v) is 9.73. The van der Waals surface area contributed by atoms with Gasteiger partial charge in [-0.15, -0.1) is 11.3 Å². The summed E-state index contributed by atoms with van der Waals surface area (Å²) in [5.41, 5.74) is 2.02. The fraction of sp³-hybridized carbons (Fsp3) is 0.150. The zero-order chi connectivity index (χ0) is 19.9. The molecule has 6 nitrogen and oxygen atoms in total. The molecule has 0 aliphatic heterocycles. The Kier molecular flexibility index (Phi) is 6.62. The summed E-state index contributed by atoms with van der Waals surface area (Å²) >= 11 is 7.29. The van der Waals surface area contributed by atoms with E-state index in [2.05, 4.69) is 15.6 Å². The summed E-state index contributed by atoms with van der Waals surface area (Å²) < 4.78 is 5.66. The highest BCUT2D eigenvalue weighted by molar-refractivity contribution is 7.09. The van der Waals surface area contributed by atoms with Crippen LogP contribution in [0.15, 0.2) is 53.9 Å². The number of ether oxygens (including phenoxy) is 1. The second-order valence-corrected chi connectivity index (χ2v) is 7.34. The lowest BCUT2D eigenvalue weighted by Gasteiger charge is -2.06. The van der Waals surface area contributed by atoms with Crippen LogP contribution in [0.4, 0.5) is 11.4 Å². The Morgan fingerprint density at radius 1 is 1.04 bits per heavy atom. The molecule has 3 aromatic rings. The van der Waals surface area contributed by atoms with Crippen molar-refractivity contribution in [2.75, 3.05) is 10.6 Å². The van der Waals surface area contributed by atoms with Crippen LogP contribution in [0.2, 0.25) is 5.02 Å². The Morgan fingerprint density at radius 2 is 1.68 bits per heavy atom. The minimum absolute atomic E-state index is 0.142. The molecule has 0 fully saturated rings. The highest BCUT2D eigenvalue weighted by atomic mass is 35.5. The lowest BCUT2D eigenvalue weighted by molar-refractivity contribution is -0.116. The molecule has 0 bridgehead atoms. The lowest BCUT2D eigenvalue weighted by atomic mass is 10.2. The fourth-order valence-electron chi connectivity index (χ4n) is 2.38. The average molecular weight is 416 g/mol. The molecule has 2 amide bonds. The molecular formula is C20H18ClN3O3S. The van der Waals surface area contributed by atoms with E-state index in [1.54, 1.807) is 48.5 Å². The van der Waals surface area contributed by atoms with Crippen molar-refractivity contribution in [3.63, 3.8) is 0 Å². The molecule has 0 saturated heterocycles. The number of anilines is 2. The Bertz CT molecular complexity index is 956. The first-order valence-electron chi connectivity index (χ1n) is 8.47. The summed E-state index contributed by atoms with van der Waals surface area (Å²) in [6.07, 6.45) is 0.172. The standard InChI is InChI=1S/C20H18ClN3O3S/c1-13(25)22-15-4-6-16(7-5-15)23-19(26)10-17-12-28-20(24-17)11-27-18-8-2-14(21)3-9-18/h2-9,12H,10-11H2,1H3,(H,22,25)(H,23,26). The molecule has 0 atom stereocenters. The summed E-state index contributed by atoms with van der Waals surface area (Å²) in [5, 5.41) is 8.78. The number of rotatable bonds is 7. The van der Waals surface area contributed by atoms with E-state index in [1.807, 2.05) is 5.38 Å². The Hall–Kier alpha value is -2.90. The predicted molar refractivity (Wildman–Crippen MR) is 111 cm³/mol. The van der Waals surface area contributed by atoms with E-state index in [9.17, 15) is 9.59 Å². The van der Waals surface area contributed by atoms with Gasteiger partial charge in [-0.2, -0.15) is 0 Å². The van der Waals surface area contributed by atoms with Crippen molar-refractivity contribution >= 4 is 46.1 Å². The number of halogens is 1. The van der Waals surface area contributed by atoms with Crippen LogP contribution in [-0.4, -0.2) is 16.8 Å². The number of amides is 2. The van der Waals surface area contributed by atoms with Gasteiger partial charge in [-0.1, -0.05) is 11.6 Å². The number of hydrogen-bond donors (Lipinski definition) is 2. The van der Waals surface area contributed by atoms with Crippen LogP contribution in [-0.2, 0) is 22.6 Å². The number of carbonyl (C=O) groups is 2. The number of thiazole rings is 1. The van der Waals surface area contributed by atoms with E-state index in [-0.39, 0.29) is 18.2 Å². The molecule has 0 aliphatic carbocycles. The number of aromatic nitrogens is 1. The van der Waals surface area contributed by atoms with Gasteiger partial charge in [-0.05, 0) is 48.5 Å². The maximum Gasteiger partial charge on any atom is 0.230 e. The fourth-order valence-corrected chi connectivity index (χ4v) is 3.21. The monoisotopic (exact) mass is 415 g/mol. The molecule has 144 valence electrons. The number of hydrogen-bond acceptors (Lipinski definition) is 5. The smallest absolute Gasteiger partial charge is 0.230 e. The predicted octanol–water partition coefficient (Wildman–Crippen LogP) is 4.52. The molecule has 2 N–H and O–H groups in total. The molecule has 0 spiro atoms. The van der Waals surface area contributed by atoms with Crippen LogP contribution in [0.3, 0.4) is 0 Å². The van der Waals surface area contributed by atoms with Crippen LogP contribution < -0.4 is 15.4 Å². The second-order valence-electron chi connectivity index (χ2n) is 5.96. The van der Waals surface area contributed by atoms with Gasteiger partial charge >= 0.3 is 0 Å². The van der Waals surface area contributed by atoms with Gasteiger partial charge in [0.1, 0.15) is 17.4 Å². The number of nitrogens with one attached hydrogen (secondary N) is 2. The molecule has 3 rings (SSSR count). The lowest BCUT2D eigenvalue weighted by Crippen LogP contribution is -2.14. The van der Waals surface area contributed by atoms with Gasteiger partial charge in [-0.25, -0.2) is 4.98 Å². The number of nitrogens with zero attached hydrogens (tertiary/aromatic N) is 1. The van der Waals surface area contributed by atoms with Gasteiger partial charge in [0.15, 0.2) is 0 Å². The van der Waals surface area contributed by atoms with Crippen LogP contribution in [0.5, 0.6) is 5.75 Å². The van der Waals surface area contributed by atoms with Gasteiger partial charge < -0.3 is 15.4 Å². The molecule has 0 radical (unpaired) electrons. The first-order chi connectivity index (χ1) is 13.5. The van der Waals surface area contributed by atoms with E-state index in [1.165, 1.54) is 18.3 Å². The first kappa shape index (κ1) is 19.9. The van der Waals surface area contributed by atoms with E-state index in [0.717, 1.165) is 5.01 Å². The minimum atomic E-state index is -0.164. The summed E-state index contributed by atoms with van der Waals surface area (Å²) in [6, 6.07) is 14.0. The molecule has 28 heavy (non-hydrogen) atoms. The maximum absolute atomic E-state index is 12.2.